The molecule has 0 amide bonds. The molecule has 2 rings (SSSR count). The summed E-state index contributed by atoms with van der Waals surface area (Å²) < 4.78 is 39.1. The number of benzene rings is 1. The van der Waals surface area contributed by atoms with Crippen molar-refractivity contribution in [3.63, 3.8) is 0 Å². The third kappa shape index (κ3) is 2.35. The molecule has 0 aliphatic rings. The summed E-state index contributed by atoms with van der Waals surface area (Å²) >= 11 is 3.26. The summed E-state index contributed by atoms with van der Waals surface area (Å²) in [5.74, 6) is 0. The van der Waals surface area contributed by atoms with Crippen molar-refractivity contribution in [1.29, 1.82) is 0 Å². The molecule has 96 valence electrons. The molecule has 2 N–H and O–H groups in total. The number of aromatic nitrogens is 2. The number of nitrogens with zero attached hydrogens (tertiary/aromatic N) is 2. The summed E-state index contributed by atoms with van der Waals surface area (Å²) in [5, 5.41) is 3.50. The van der Waals surface area contributed by atoms with E-state index in [1.165, 1.54) is 10.9 Å². The van der Waals surface area contributed by atoms with Crippen LogP contribution in [0.5, 0.6) is 0 Å². The summed E-state index contributed by atoms with van der Waals surface area (Å²) in [7, 11) is 0. The second-order valence-corrected chi connectivity index (χ2v) is 4.66. The first-order valence-corrected chi connectivity index (χ1v) is 5.77. The topological polar surface area (TPSA) is 43.8 Å². The molecule has 0 fully saturated rings. The fraction of sp³-hybridized carbons (Fsp3) is 0.182. The minimum Gasteiger partial charge on any atom is -0.398 e. The number of halogens is 4. The molecule has 0 spiro atoms. The Morgan fingerprint density at radius 2 is 2.00 bits per heavy atom. The zero-order valence-corrected chi connectivity index (χ0v) is 10.9. The van der Waals surface area contributed by atoms with Crippen molar-refractivity contribution < 1.29 is 13.2 Å². The van der Waals surface area contributed by atoms with Gasteiger partial charge in [-0.1, -0.05) is 0 Å². The van der Waals surface area contributed by atoms with Crippen LogP contribution in [0.3, 0.4) is 0 Å². The highest BCUT2D eigenvalue weighted by Crippen LogP contribution is 2.30. The monoisotopic (exact) mass is 319 g/mol. The lowest BCUT2D eigenvalue weighted by Crippen LogP contribution is -2.07. The summed E-state index contributed by atoms with van der Waals surface area (Å²) in [5.41, 5.74) is 6.63. The zero-order chi connectivity index (χ0) is 13.5. The Balaban J connectivity index is 2.50. The van der Waals surface area contributed by atoms with Gasteiger partial charge < -0.3 is 5.73 Å². The van der Waals surface area contributed by atoms with Gasteiger partial charge in [0.15, 0.2) is 5.69 Å². The second kappa shape index (κ2) is 4.31. The standard InChI is InChI=1S/C11H9BrF3N3/c1-6-4-9(7(12)5-8(6)16)18-3-2-10(17-18)11(13,14)15/h2-5H,16H2,1H3. The lowest BCUT2D eigenvalue weighted by Gasteiger charge is -2.08. The number of hydrogen-bond acceptors (Lipinski definition) is 2. The molecule has 0 saturated carbocycles. The quantitative estimate of drug-likeness (QED) is 0.817. The van der Waals surface area contributed by atoms with Crippen LogP contribution < -0.4 is 5.73 Å². The van der Waals surface area contributed by atoms with E-state index in [1.54, 1.807) is 19.1 Å². The summed E-state index contributed by atoms with van der Waals surface area (Å²) in [6, 6.07) is 4.24. The first kappa shape index (κ1) is 12.9. The van der Waals surface area contributed by atoms with Crippen LogP contribution in [0.25, 0.3) is 5.69 Å². The van der Waals surface area contributed by atoms with Crippen LogP contribution >= 0.6 is 15.9 Å². The Morgan fingerprint density at radius 3 is 2.56 bits per heavy atom. The van der Waals surface area contributed by atoms with E-state index in [0.717, 1.165) is 11.6 Å². The van der Waals surface area contributed by atoms with Crippen LogP contribution in [-0.2, 0) is 6.18 Å². The summed E-state index contributed by atoms with van der Waals surface area (Å²) in [6.07, 6.45) is -3.18. The third-order valence-electron chi connectivity index (χ3n) is 2.46. The molecule has 7 heteroatoms. The molecule has 0 saturated heterocycles. The maximum absolute atomic E-state index is 12.5. The van der Waals surface area contributed by atoms with Gasteiger partial charge in [0.2, 0.25) is 0 Å². The molecule has 0 radical (unpaired) electrons. The smallest absolute Gasteiger partial charge is 0.398 e. The van der Waals surface area contributed by atoms with Gasteiger partial charge >= 0.3 is 6.18 Å². The number of nitrogen functional groups attached to an aromatic ring is 1. The van der Waals surface area contributed by atoms with Crippen molar-refractivity contribution in [1.82, 2.24) is 9.78 Å². The van der Waals surface area contributed by atoms with Gasteiger partial charge in [0.25, 0.3) is 0 Å². The van der Waals surface area contributed by atoms with Crippen molar-refractivity contribution in [2.75, 3.05) is 5.73 Å². The van der Waals surface area contributed by atoms with Crippen LogP contribution in [0.2, 0.25) is 0 Å². The lowest BCUT2D eigenvalue weighted by molar-refractivity contribution is -0.141. The van der Waals surface area contributed by atoms with Crippen LogP contribution in [0.4, 0.5) is 18.9 Å². The Morgan fingerprint density at radius 1 is 1.33 bits per heavy atom. The fourth-order valence-electron chi connectivity index (χ4n) is 1.47. The molecule has 0 aliphatic heterocycles. The van der Waals surface area contributed by atoms with E-state index in [-0.39, 0.29) is 0 Å². The van der Waals surface area contributed by atoms with Gasteiger partial charge in [0.1, 0.15) is 0 Å². The highest BCUT2D eigenvalue weighted by Gasteiger charge is 2.33. The van der Waals surface area contributed by atoms with E-state index < -0.39 is 11.9 Å². The van der Waals surface area contributed by atoms with Crippen molar-refractivity contribution in [3.05, 3.63) is 40.1 Å². The Kier molecular flexibility index (Phi) is 3.10. The Labute approximate surface area is 110 Å². The van der Waals surface area contributed by atoms with Gasteiger partial charge in [-0.2, -0.15) is 18.3 Å². The van der Waals surface area contributed by atoms with E-state index >= 15 is 0 Å². The Bertz CT molecular complexity index is 590. The Hall–Kier alpha value is -1.50. The molecular formula is C11H9BrF3N3. The first-order chi connectivity index (χ1) is 8.29. The fourth-order valence-corrected chi connectivity index (χ4v) is 2.01. The molecule has 0 unspecified atom stereocenters. The van der Waals surface area contributed by atoms with Gasteiger partial charge in [0, 0.05) is 16.4 Å². The average Bonchev–Trinajstić information content (AvgIpc) is 2.72. The van der Waals surface area contributed by atoms with Crippen molar-refractivity contribution in [2.24, 2.45) is 0 Å². The second-order valence-electron chi connectivity index (χ2n) is 3.80. The lowest BCUT2D eigenvalue weighted by atomic mass is 10.2. The van der Waals surface area contributed by atoms with E-state index in [1.807, 2.05) is 0 Å². The van der Waals surface area contributed by atoms with E-state index in [0.29, 0.717) is 15.8 Å². The molecule has 3 nitrogen and oxygen atoms in total. The number of aryl methyl sites for hydroxylation is 1. The predicted octanol–water partition coefficient (Wildman–Crippen LogP) is 3.54. The minimum absolute atomic E-state index is 0.511. The van der Waals surface area contributed by atoms with E-state index in [4.69, 9.17) is 5.73 Å². The van der Waals surface area contributed by atoms with Gasteiger partial charge in [-0.25, -0.2) is 4.68 Å². The SMILES string of the molecule is Cc1cc(-n2ccc(C(F)(F)F)n2)c(Br)cc1N. The van der Waals surface area contributed by atoms with Gasteiger partial charge in [0.05, 0.1) is 5.69 Å². The predicted molar refractivity (Wildman–Crippen MR) is 65.4 cm³/mol. The zero-order valence-electron chi connectivity index (χ0n) is 9.29. The molecule has 0 atom stereocenters. The molecule has 1 aromatic heterocycles. The molecule has 2 aromatic rings. The number of nitrogens with two attached hydrogens (primary N) is 1. The molecule has 0 aliphatic carbocycles. The summed E-state index contributed by atoms with van der Waals surface area (Å²) in [4.78, 5) is 0. The van der Waals surface area contributed by atoms with Crippen molar-refractivity contribution >= 4 is 21.6 Å². The average molecular weight is 320 g/mol. The minimum atomic E-state index is -4.44. The molecule has 0 bridgehead atoms. The summed E-state index contributed by atoms with van der Waals surface area (Å²) in [6.45, 7) is 1.78. The number of hydrogen-bond donors (Lipinski definition) is 1. The maximum Gasteiger partial charge on any atom is 0.435 e. The molecule has 1 aromatic carbocycles. The normalized spacial score (nSPS) is 11.8. The van der Waals surface area contributed by atoms with E-state index in [9.17, 15) is 13.2 Å². The first-order valence-electron chi connectivity index (χ1n) is 4.98. The third-order valence-corrected chi connectivity index (χ3v) is 3.10. The van der Waals surface area contributed by atoms with Crippen molar-refractivity contribution in [2.45, 2.75) is 13.1 Å². The largest absolute Gasteiger partial charge is 0.435 e. The van der Waals surface area contributed by atoms with Crippen LogP contribution in [0.15, 0.2) is 28.9 Å². The number of rotatable bonds is 1. The molecule has 18 heavy (non-hydrogen) atoms. The van der Waals surface area contributed by atoms with Gasteiger partial charge in [-0.3, -0.25) is 0 Å². The van der Waals surface area contributed by atoms with Crippen molar-refractivity contribution in [3.8, 4) is 5.69 Å². The van der Waals surface area contributed by atoms with E-state index in [2.05, 4.69) is 21.0 Å². The molecular weight excluding hydrogens is 311 g/mol. The number of anilines is 1. The van der Waals surface area contributed by atoms with Crippen LogP contribution in [0, 0.1) is 6.92 Å². The van der Waals surface area contributed by atoms with Crippen LogP contribution in [0.1, 0.15) is 11.3 Å². The van der Waals surface area contributed by atoms with Crippen LogP contribution in [-0.4, -0.2) is 9.78 Å². The van der Waals surface area contributed by atoms with Gasteiger partial charge in [-0.05, 0) is 46.6 Å². The highest BCUT2D eigenvalue weighted by molar-refractivity contribution is 9.10. The molecule has 1 heterocycles. The van der Waals surface area contributed by atoms with Gasteiger partial charge in [-0.15, -0.1) is 0 Å². The maximum atomic E-state index is 12.5. The highest BCUT2D eigenvalue weighted by atomic mass is 79.9. The number of alkyl halides is 3.